The van der Waals surface area contributed by atoms with Crippen LogP contribution < -0.4 is 10.1 Å². The molecule has 1 aliphatic heterocycles. The minimum atomic E-state index is 0.145. The van der Waals surface area contributed by atoms with Gasteiger partial charge in [-0.1, -0.05) is 12.1 Å². The van der Waals surface area contributed by atoms with E-state index in [-0.39, 0.29) is 18.1 Å². The van der Waals surface area contributed by atoms with Crippen molar-refractivity contribution in [2.45, 2.75) is 32.9 Å². The SMILES string of the molecule is CC(=O)N1CCNC(c2ccc(OC(C)C)cc2)C1. The van der Waals surface area contributed by atoms with Crippen molar-refractivity contribution in [3.8, 4) is 5.75 Å². The van der Waals surface area contributed by atoms with Gasteiger partial charge in [-0.2, -0.15) is 0 Å². The Hall–Kier alpha value is -1.55. The number of carbonyl (C=O) groups excluding carboxylic acids is 1. The van der Waals surface area contributed by atoms with Crippen molar-refractivity contribution in [2.75, 3.05) is 19.6 Å². The summed E-state index contributed by atoms with van der Waals surface area (Å²) in [6, 6.07) is 8.33. The summed E-state index contributed by atoms with van der Waals surface area (Å²) in [5.41, 5.74) is 1.20. The molecule has 0 aliphatic carbocycles. The maximum atomic E-state index is 11.4. The number of piperazine rings is 1. The molecule has 4 nitrogen and oxygen atoms in total. The van der Waals surface area contributed by atoms with E-state index < -0.39 is 0 Å². The molecule has 2 rings (SSSR count). The molecule has 4 heteroatoms. The molecule has 1 N–H and O–H groups in total. The van der Waals surface area contributed by atoms with Gasteiger partial charge in [0.15, 0.2) is 0 Å². The van der Waals surface area contributed by atoms with Gasteiger partial charge in [0.2, 0.25) is 5.91 Å². The lowest BCUT2D eigenvalue weighted by atomic mass is 10.0. The molecule has 0 spiro atoms. The summed E-state index contributed by atoms with van der Waals surface area (Å²) in [7, 11) is 0. The zero-order valence-corrected chi connectivity index (χ0v) is 11.8. The molecule has 1 heterocycles. The third-order valence-corrected chi connectivity index (χ3v) is 3.27. The van der Waals surface area contributed by atoms with Crippen molar-refractivity contribution in [1.82, 2.24) is 10.2 Å². The standard InChI is InChI=1S/C15H22N2O2/c1-11(2)19-14-6-4-13(5-7-14)15-10-17(12(3)18)9-8-16-15/h4-7,11,15-16H,8-10H2,1-3H3. The average Bonchev–Trinajstić information content (AvgIpc) is 2.39. The Bertz CT molecular complexity index is 428. The summed E-state index contributed by atoms with van der Waals surface area (Å²) in [5.74, 6) is 1.03. The fourth-order valence-electron chi connectivity index (χ4n) is 2.31. The van der Waals surface area contributed by atoms with Gasteiger partial charge in [0, 0.05) is 32.6 Å². The smallest absolute Gasteiger partial charge is 0.219 e. The Balaban J connectivity index is 2.03. The van der Waals surface area contributed by atoms with Gasteiger partial charge in [-0.15, -0.1) is 0 Å². The third-order valence-electron chi connectivity index (χ3n) is 3.27. The summed E-state index contributed by atoms with van der Waals surface area (Å²) < 4.78 is 5.63. The van der Waals surface area contributed by atoms with Gasteiger partial charge < -0.3 is 15.0 Å². The van der Waals surface area contributed by atoms with Crippen LogP contribution in [0.4, 0.5) is 0 Å². The Morgan fingerprint density at radius 2 is 2.05 bits per heavy atom. The summed E-state index contributed by atoms with van der Waals surface area (Å²) in [5, 5.41) is 3.45. The number of amides is 1. The fraction of sp³-hybridized carbons (Fsp3) is 0.533. The highest BCUT2D eigenvalue weighted by Gasteiger charge is 2.22. The van der Waals surface area contributed by atoms with Crippen LogP contribution in [-0.2, 0) is 4.79 Å². The van der Waals surface area contributed by atoms with Crippen LogP contribution in [0.2, 0.25) is 0 Å². The molecule has 0 radical (unpaired) electrons. The van der Waals surface area contributed by atoms with Crippen LogP contribution in [-0.4, -0.2) is 36.5 Å². The molecule has 1 aromatic rings. The molecule has 1 atom stereocenters. The van der Waals surface area contributed by atoms with Gasteiger partial charge in [0.05, 0.1) is 6.10 Å². The Morgan fingerprint density at radius 3 is 2.63 bits per heavy atom. The van der Waals surface area contributed by atoms with Crippen molar-refractivity contribution >= 4 is 5.91 Å². The molecule has 1 aliphatic rings. The van der Waals surface area contributed by atoms with E-state index in [2.05, 4.69) is 17.4 Å². The molecular weight excluding hydrogens is 240 g/mol. The Labute approximate surface area is 114 Å². The van der Waals surface area contributed by atoms with Crippen LogP contribution in [0.3, 0.4) is 0 Å². The van der Waals surface area contributed by atoms with Crippen molar-refractivity contribution in [3.63, 3.8) is 0 Å². The highest BCUT2D eigenvalue weighted by molar-refractivity contribution is 5.73. The second-order valence-corrected chi connectivity index (χ2v) is 5.21. The summed E-state index contributed by atoms with van der Waals surface area (Å²) in [6.07, 6.45) is 0.187. The summed E-state index contributed by atoms with van der Waals surface area (Å²) >= 11 is 0. The first-order chi connectivity index (χ1) is 9.06. The zero-order chi connectivity index (χ0) is 13.8. The molecule has 19 heavy (non-hydrogen) atoms. The van der Waals surface area contributed by atoms with E-state index in [1.807, 2.05) is 30.9 Å². The molecule has 0 saturated carbocycles. The van der Waals surface area contributed by atoms with Gasteiger partial charge >= 0.3 is 0 Å². The van der Waals surface area contributed by atoms with Gasteiger partial charge in [0.25, 0.3) is 0 Å². The quantitative estimate of drug-likeness (QED) is 0.905. The van der Waals surface area contributed by atoms with Crippen LogP contribution in [0.15, 0.2) is 24.3 Å². The van der Waals surface area contributed by atoms with E-state index in [0.717, 1.165) is 25.4 Å². The number of hydrogen-bond acceptors (Lipinski definition) is 3. The van der Waals surface area contributed by atoms with Gasteiger partial charge in [-0.25, -0.2) is 0 Å². The second kappa shape index (κ2) is 6.06. The van der Waals surface area contributed by atoms with E-state index in [1.165, 1.54) is 5.56 Å². The van der Waals surface area contributed by atoms with Crippen molar-refractivity contribution in [2.24, 2.45) is 0 Å². The molecule has 0 aromatic heterocycles. The van der Waals surface area contributed by atoms with Gasteiger partial charge in [-0.05, 0) is 31.5 Å². The van der Waals surface area contributed by atoms with Gasteiger partial charge in [-0.3, -0.25) is 4.79 Å². The molecule has 0 bridgehead atoms. The van der Waals surface area contributed by atoms with E-state index >= 15 is 0 Å². The lowest BCUT2D eigenvalue weighted by Crippen LogP contribution is -2.47. The van der Waals surface area contributed by atoms with Crippen LogP contribution >= 0.6 is 0 Å². The van der Waals surface area contributed by atoms with Crippen LogP contribution in [0.25, 0.3) is 0 Å². The van der Waals surface area contributed by atoms with Crippen LogP contribution in [0.1, 0.15) is 32.4 Å². The molecule has 1 aromatic carbocycles. The average molecular weight is 262 g/mol. The maximum absolute atomic E-state index is 11.4. The molecule has 1 fully saturated rings. The molecule has 1 saturated heterocycles. The first-order valence-electron chi connectivity index (χ1n) is 6.82. The predicted octanol–water partition coefficient (Wildman–Crippen LogP) is 1.97. The lowest BCUT2D eigenvalue weighted by Gasteiger charge is -2.33. The van der Waals surface area contributed by atoms with Crippen molar-refractivity contribution in [3.05, 3.63) is 29.8 Å². The first kappa shape index (κ1) is 13.9. The van der Waals surface area contributed by atoms with E-state index in [9.17, 15) is 4.79 Å². The number of nitrogens with zero attached hydrogens (tertiary/aromatic N) is 1. The number of hydrogen-bond donors (Lipinski definition) is 1. The minimum absolute atomic E-state index is 0.145. The van der Waals surface area contributed by atoms with Crippen molar-refractivity contribution in [1.29, 1.82) is 0 Å². The van der Waals surface area contributed by atoms with Gasteiger partial charge in [0.1, 0.15) is 5.75 Å². The first-order valence-corrected chi connectivity index (χ1v) is 6.82. The minimum Gasteiger partial charge on any atom is -0.491 e. The monoisotopic (exact) mass is 262 g/mol. The molecule has 1 unspecified atom stereocenters. The van der Waals surface area contributed by atoms with Crippen LogP contribution in [0.5, 0.6) is 5.75 Å². The molecule has 1 amide bonds. The number of nitrogens with one attached hydrogen (secondary N) is 1. The molecule has 104 valence electrons. The number of carbonyl (C=O) groups is 1. The normalized spacial score (nSPS) is 19.6. The highest BCUT2D eigenvalue weighted by Crippen LogP contribution is 2.21. The summed E-state index contributed by atoms with van der Waals surface area (Å²) in [4.78, 5) is 13.3. The summed E-state index contributed by atoms with van der Waals surface area (Å²) in [6.45, 7) is 8.03. The largest absolute Gasteiger partial charge is 0.491 e. The fourth-order valence-corrected chi connectivity index (χ4v) is 2.31. The maximum Gasteiger partial charge on any atom is 0.219 e. The Kier molecular flexibility index (Phi) is 4.43. The second-order valence-electron chi connectivity index (χ2n) is 5.21. The van der Waals surface area contributed by atoms with Crippen molar-refractivity contribution < 1.29 is 9.53 Å². The zero-order valence-electron chi connectivity index (χ0n) is 11.8. The van der Waals surface area contributed by atoms with E-state index in [4.69, 9.17) is 4.74 Å². The lowest BCUT2D eigenvalue weighted by molar-refractivity contribution is -0.130. The van der Waals surface area contributed by atoms with E-state index in [0.29, 0.717) is 0 Å². The topological polar surface area (TPSA) is 41.6 Å². The van der Waals surface area contributed by atoms with Crippen LogP contribution in [0, 0.1) is 0 Å². The third kappa shape index (κ3) is 3.70. The Morgan fingerprint density at radius 1 is 1.37 bits per heavy atom. The van der Waals surface area contributed by atoms with E-state index in [1.54, 1.807) is 6.92 Å². The predicted molar refractivity (Wildman–Crippen MR) is 75.2 cm³/mol. The number of ether oxygens (including phenoxy) is 1. The number of benzene rings is 1. The highest BCUT2D eigenvalue weighted by atomic mass is 16.5. The number of rotatable bonds is 3. The molecular formula is C15H22N2O2.